The maximum atomic E-state index is 13.4. The topological polar surface area (TPSA) is 197 Å². The Morgan fingerprint density at radius 3 is 2.64 bits per heavy atom. The van der Waals surface area contributed by atoms with E-state index >= 15 is 0 Å². The molecule has 0 spiro atoms. The Balaban J connectivity index is 2.12. The molecule has 1 aliphatic heterocycles. The molecule has 1 aromatic rings. The number of unbranched alkanes of at least 4 members (excludes halogenated alkanes) is 1. The fraction of sp³-hybridized carbons (Fsp3) is 0.650. The highest BCUT2D eigenvalue weighted by atomic mass is 32.1. The summed E-state index contributed by atoms with van der Waals surface area (Å²) in [6, 6.07) is -3.76. The highest BCUT2D eigenvalue weighted by Gasteiger charge is 2.39. The molecule has 0 saturated carbocycles. The van der Waals surface area contributed by atoms with Crippen LogP contribution in [0.25, 0.3) is 0 Å². The van der Waals surface area contributed by atoms with Crippen LogP contribution in [0.1, 0.15) is 37.8 Å². The van der Waals surface area contributed by atoms with E-state index in [0.717, 1.165) is 6.42 Å². The number of thiol groups is 1. The number of carbonyl (C=O) groups excluding carboxylic acids is 3. The predicted molar refractivity (Wildman–Crippen MR) is 123 cm³/mol. The molecule has 8 N–H and O–H groups in total. The smallest absolute Gasteiger partial charge is 0.327 e. The Labute approximate surface area is 197 Å². The first-order chi connectivity index (χ1) is 15.8. The fourth-order valence-electron chi connectivity index (χ4n) is 3.69. The Hall–Kier alpha value is -2.64. The van der Waals surface area contributed by atoms with E-state index in [0.29, 0.717) is 44.5 Å². The standard InChI is InChI=1S/C20H33N7O5S/c21-6-2-1-4-13(22)17(28)25-14(8-12-9-23-11-24-12)19(30)27-7-3-5-16(27)18(29)26-15(10-33)20(31)32/h9,11,13-16,33H,1-8,10,21-22H2,(H,23,24)(H,25,28)(H,26,29)(H,31,32). The number of amides is 3. The number of aromatic amines is 1. The lowest BCUT2D eigenvalue weighted by Gasteiger charge is -2.29. The van der Waals surface area contributed by atoms with Gasteiger partial charge in [0.15, 0.2) is 0 Å². The number of hydrogen-bond acceptors (Lipinski definition) is 8. The zero-order chi connectivity index (χ0) is 24.4. The number of likely N-dealkylation sites (tertiary alicyclic amines) is 1. The second kappa shape index (κ2) is 13.2. The summed E-state index contributed by atoms with van der Waals surface area (Å²) < 4.78 is 0. The first kappa shape index (κ1) is 26.6. The van der Waals surface area contributed by atoms with Crippen molar-refractivity contribution in [2.45, 2.75) is 62.7 Å². The molecular formula is C20H33N7O5S. The summed E-state index contributed by atoms with van der Waals surface area (Å²) in [5.41, 5.74) is 12.1. The Kier molecular flexibility index (Phi) is 10.6. The van der Waals surface area contributed by atoms with Crippen LogP contribution in [0, 0.1) is 0 Å². The molecule has 0 aromatic carbocycles. The van der Waals surface area contributed by atoms with Crippen LogP contribution in [-0.2, 0) is 25.6 Å². The average molecular weight is 484 g/mol. The monoisotopic (exact) mass is 483 g/mol. The van der Waals surface area contributed by atoms with E-state index in [-0.39, 0.29) is 12.2 Å². The molecule has 0 bridgehead atoms. The normalized spacial score (nSPS) is 18.4. The predicted octanol–water partition coefficient (Wildman–Crippen LogP) is -1.62. The second-order valence-corrected chi connectivity index (χ2v) is 8.37. The van der Waals surface area contributed by atoms with Crippen LogP contribution in [0.15, 0.2) is 12.5 Å². The summed E-state index contributed by atoms with van der Waals surface area (Å²) in [5, 5.41) is 14.3. The van der Waals surface area contributed by atoms with E-state index in [4.69, 9.17) is 11.5 Å². The van der Waals surface area contributed by atoms with Gasteiger partial charge in [-0.15, -0.1) is 0 Å². The van der Waals surface area contributed by atoms with Gasteiger partial charge < -0.3 is 37.1 Å². The lowest BCUT2D eigenvalue weighted by atomic mass is 10.1. The molecule has 2 rings (SSSR count). The maximum Gasteiger partial charge on any atom is 0.327 e. The molecule has 12 nitrogen and oxygen atoms in total. The summed E-state index contributed by atoms with van der Waals surface area (Å²) in [6.45, 7) is 0.817. The number of aliphatic carboxylic acids is 1. The minimum absolute atomic E-state index is 0.0811. The number of nitrogens with two attached hydrogens (primary N) is 2. The fourth-order valence-corrected chi connectivity index (χ4v) is 3.94. The molecule has 4 unspecified atom stereocenters. The van der Waals surface area contributed by atoms with E-state index in [1.807, 2.05) is 0 Å². The number of aromatic nitrogens is 2. The van der Waals surface area contributed by atoms with E-state index in [1.54, 1.807) is 6.20 Å². The van der Waals surface area contributed by atoms with Gasteiger partial charge in [-0.25, -0.2) is 9.78 Å². The van der Waals surface area contributed by atoms with E-state index in [1.165, 1.54) is 11.2 Å². The molecule has 1 aromatic heterocycles. The highest BCUT2D eigenvalue weighted by molar-refractivity contribution is 7.80. The van der Waals surface area contributed by atoms with Gasteiger partial charge in [0.05, 0.1) is 12.4 Å². The molecule has 1 saturated heterocycles. The number of carbonyl (C=O) groups is 4. The number of hydrogen-bond donors (Lipinski definition) is 7. The van der Waals surface area contributed by atoms with Crippen LogP contribution >= 0.6 is 12.6 Å². The van der Waals surface area contributed by atoms with Gasteiger partial charge in [0.1, 0.15) is 18.1 Å². The largest absolute Gasteiger partial charge is 0.480 e. The average Bonchev–Trinajstić information content (AvgIpc) is 3.48. The first-order valence-corrected chi connectivity index (χ1v) is 11.6. The summed E-state index contributed by atoms with van der Waals surface area (Å²) in [7, 11) is 0. The molecule has 0 radical (unpaired) electrons. The van der Waals surface area contributed by atoms with Crippen molar-refractivity contribution in [2.75, 3.05) is 18.8 Å². The van der Waals surface area contributed by atoms with Gasteiger partial charge in [0.25, 0.3) is 0 Å². The van der Waals surface area contributed by atoms with Crippen LogP contribution in [0.5, 0.6) is 0 Å². The van der Waals surface area contributed by atoms with Gasteiger partial charge in [0, 0.05) is 30.6 Å². The number of nitrogens with one attached hydrogen (secondary N) is 3. The van der Waals surface area contributed by atoms with Gasteiger partial charge in [-0.2, -0.15) is 12.6 Å². The van der Waals surface area contributed by atoms with Gasteiger partial charge >= 0.3 is 5.97 Å². The summed E-state index contributed by atoms with van der Waals surface area (Å²) in [6.07, 6.45) is 5.98. The SMILES string of the molecule is NCCCCC(N)C(=O)NC(Cc1cnc[nH]1)C(=O)N1CCCC1C(=O)NC(CS)C(=O)O. The first-order valence-electron chi connectivity index (χ1n) is 11.0. The highest BCUT2D eigenvalue weighted by Crippen LogP contribution is 2.20. The van der Waals surface area contributed by atoms with Crippen LogP contribution in [0.4, 0.5) is 0 Å². The molecule has 2 heterocycles. The Morgan fingerprint density at radius 1 is 1.27 bits per heavy atom. The third kappa shape index (κ3) is 7.72. The van der Waals surface area contributed by atoms with Crippen molar-refractivity contribution in [3.05, 3.63) is 18.2 Å². The third-order valence-corrected chi connectivity index (χ3v) is 5.90. The molecular weight excluding hydrogens is 450 g/mol. The molecule has 1 aliphatic rings. The van der Waals surface area contributed by atoms with Crippen molar-refractivity contribution in [2.24, 2.45) is 11.5 Å². The number of carboxylic acid groups (broad SMARTS) is 1. The Bertz CT molecular complexity index is 807. The zero-order valence-corrected chi connectivity index (χ0v) is 19.3. The number of nitrogens with zero attached hydrogens (tertiary/aromatic N) is 2. The van der Waals surface area contributed by atoms with Crippen LogP contribution < -0.4 is 22.1 Å². The number of carboxylic acids is 1. The van der Waals surface area contributed by atoms with Crippen molar-refractivity contribution in [3.8, 4) is 0 Å². The molecule has 33 heavy (non-hydrogen) atoms. The van der Waals surface area contributed by atoms with E-state index < -0.39 is 47.9 Å². The van der Waals surface area contributed by atoms with Gasteiger partial charge in [-0.1, -0.05) is 6.42 Å². The van der Waals surface area contributed by atoms with Crippen molar-refractivity contribution in [1.29, 1.82) is 0 Å². The number of imidazole rings is 1. The van der Waals surface area contributed by atoms with Gasteiger partial charge in [-0.3, -0.25) is 14.4 Å². The zero-order valence-electron chi connectivity index (χ0n) is 18.4. The van der Waals surface area contributed by atoms with Crippen LogP contribution in [0.3, 0.4) is 0 Å². The van der Waals surface area contributed by atoms with E-state index in [9.17, 15) is 24.3 Å². The Morgan fingerprint density at radius 2 is 2.03 bits per heavy atom. The maximum absolute atomic E-state index is 13.4. The minimum atomic E-state index is -1.21. The molecule has 3 amide bonds. The quantitative estimate of drug-likeness (QED) is 0.128. The molecule has 1 fully saturated rings. The lowest BCUT2D eigenvalue weighted by molar-refractivity contribution is -0.144. The van der Waals surface area contributed by atoms with Crippen molar-refractivity contribution >= 4 is 36.3 Å². The number of rotatable bonds is 13. The number of H-pyrrole nitrogens is 1. The molecule has 13 heteroatoms. The van der Waals surface area contributed by atoms with Gasteiger partial charge in [-0.05, 0) is 32.2 Å². The van der Waals surface area contributed by atoms with Gasteiger partial charge in [0.2, 0.25) is 17.7 Å². The summed E-state index contributed by atoms with van der Waals surface area (Å²) >= 11 is 3.95. The van der Waals surface area contributed by atoms with E-state index in [2.05, 4.69) is 33.2 Å². The van der Waals surface area contributed by atoms with Crippen molar-refractivity contribution in [3.63, 3.8) is 0 Å². The van der Waals surface area contributed by atoms with Crippen LogP contribution in [0.2, 0.25) is 0 Å². The molecule has 4 atom stereocenters. The minimum Gasteiger partial charge on any atom is -0.480 e. The van der Waals surface area contributed by atoms with Crippen molar-refractivity contribution in [1.82, 2.24) is 25.5 Å². The summed E-state index contributed by atoms with van der Waals surface area (Å²) in [4.78, 5) is 58.2. The van der Waals surface area contributed by atoms with Crippen LogP contribution in [-0.4, -0.2) is 86.7 Å². The third-order valence-electron chi connectivity index (χ3n) is 5.54. The van der Waals surface area contributed by atoms with Crippen molar-refractivity contribution < 1.29 is 24.3 Å². The summed E-state index contributed by atoms with van der Waals surface area (Å²) in [5.74, 6) is -2.76. The molecule has 0 aliphatic carbocycles. The lowest BCUT2D eigenvalue weighted by Crippen LogP contribution is -2.57. The second-order valence-electron chi connectivity index (χ2n) is 8.00. The molecule has 184 valence electrons.